The maximum absolute atomic E-state index is 13.2. The minimum absolute atomic E-state index is 0.168. The molecule has 0 atom stereocenters. The monoisotopic (exact) mass is 567 g/mol. The van der Waals surface area contributed by atoms with Gasteiger partial charge in [0.2, 0.25) is 0 Å². The lowest BCUT2D eigenvalue weighted by molar-refractivity contribution is -0.0499. The first kappa shape index (κ1) is 25.1. The fourth-order valence-electron chi connectivity index (χ4n) is 4.62. The SMILES string of the molecule is O=S(=O)(Oc1ccc(N(c2ccccc2)c2cccc3ccccc23)c2c1oc1cc(Cl)ccc12)C(F)(F)F. The number of hydrogen-bond donors (Lipinski definition) is 0. The van der Waals surface area contributed by atoms with Crippen LogP contribution in [0, 0.1) is 0 Å². The number of rotatable bonds is 5. The molecule has 0 saturated heterocycles. The molecule has 0 spiro atoms. The molecule has 0 fully saturated rings. The van der Waals surface area contributed by atoms with Gasteiger partial charge in [0.25, 0.3) is 0 Å². The van der Waals surface area contributed by atoms with Crippen molar-refractivity contribution in [3.63, 3.8) is 0 Å². The lowest BCUT2D eigenvalue weighted by Gasteiger charge is -2.27. The third-order valence-corrected chi connectivity index (χ3v) is 7.47. The highest BCUT2D eigenvalue weighted by molar-refractivity contribution is 7.88. The summed E-state index contributed by atoms with van der Waals surface area (Å²) < 4.78 is 73.9. The number of anilines is 3. The van der Waals surface area contributed by atoms with Crippen LogP contribution in [0.2, 0.25) is 5.02 Å². The number of nitrogens with zero attached hydrogens (tertiary/aromatic N) is 1. The van der Waals surface area contributed by atoms with Crippen LogP contribution in [0.15, 0.2) is 108 Å². The van der Waals surface area contributed by atoms with E-state index in [1.54, 1.807) is 12.1 Å². The number of hydrogen-bond acceptors (Lipinski definition) is 5. The third kappa shape index (κ3) is 4.33. The minimum Gasteiger partial charge on any atom is -0.452 e. The average molecular weight is 568 g/mol. The Morgan fingerprint density at radius 3 is 2.26 bits per heavy atom. The molecular formula is C29H17ClF3NO4S. The Balaban J connectivity index is 1.70. The number of halogens is 4. The molecule has 6 rings (SSSR count). The van der Waals surface area contributed by atoms with Gasteiger partial charge in [0, 0.05) is 27.5 Å². The van der Waals surface area contributed by atoms with Crippen LogP contribution in [0.5, 0.6) is 5.75 Å². The summed E-state index contributed by atoms with van der Waals surface area (Å²) in [6, 6.07) is 30.5. The molecule has 0 saturated carbocycles. The van der Waals surface area contributed by atoms with E-state index in [0.717, 1.165) is 28.2 Å². The van der Waals surface area contributed by atoms with Crippen molar-refractivity contribution in [2.75, 3.05) is 4.90 Å². The largest absolute Gasteiger partial charge is 0.534 e. The number of fused-ring (bicyclic) bond motifs is 4. The standard InChI is InChI=1S/C29H17ClF3NO4S/c30-19-13-14-22-26(17-19)37-28-25(38-39(35,36)29(31,32)33)16-15-24(27(22)28)34(20-9-2-1-3-10-20)23-12-6-8-18-7-4-5-11-21(18)23/h1-17H. The van der Waals surface area contributed by atoms with Crippen molar-refractivity contribution in [2.24, 2.45) is 0 Å². The predicted molar refractivity (Wildman–Crippen MR) is 147 cm³/mol. The Morgan fingerprint density at radius 1 is 0.769 bits per heavy atom. The van der Waals surface area contributed by atoms with E-state index < -0.39 is 21.4 Å². The second-order valence-corrected chi connectivity index (χ2v) is 10.7. The van der Waals surface area contributed by atoms with Gasteiger partial charge >= 0.3 is 15.6 Å². The van der Waals surface area contributed by atoms with Crippen LogP contribution in [-0.2, 0) is 10.1 Å². The average Bonchev–Trinajstić information content (AvgIpc) is 3.29. The highest BCUT2D eigenvalue weighted by Crippen LogP contribution is 2.48. The lowest BCUT2D eigenvalue weighted by atomic mass is 10.0. The molecule has 0 aliphatic rings. The second kappa shape index (κ2) is 9.21. The van der Waals surface area contributed by atoms with Gasteiger partial charge in [0.1, 0.15) is 5.58 Å². The molecule has 0 N–H and O–H groups in total. The minimum atomic E-state index is -5.95. The first-order valence-corrected chi connectivity index (χ1v) is 13.4. The summed E-state index contributed by atoms with van der Waals surface area (Å²) in [6.45, 7) is 0. The van der Waals surface area contributed by atoms with Gasteiger partial charge in [-0.1, -0.05) is 66.2 Å². The van der Waals surface area contributed by atoms with Gasteiger partial charge in [-0.2, -0.15) is 21.6 Å². The Kier molecular flexibility index (Phi) is 5.93. The van der Waals surface area contributed by atoms with E-state index in [9.17, 15) is 21.6 Å². The number of alkyl halides is 3. The van der Waals surface area contributed by atoms with Crippen LogP contribution in [0.4, 0.5) is 30.2 Å². The summed E-state index contributed by atoms with van der Waals surface area (Å²) in [5, 5.41) is 3.11. The first-order chi connectivity index (χ1) is 18.6. The summed E-state index contributed by atoms with van der Waals surface area (Å²) in [7, 11) is -5.95. The number of para-hydroxylation sites is 1. The zero-order chi connectivity index (χ0) is 27.4. The molecule has 0 amide bonds. The summed E-state index contributed by atoms with van der Waals surface area (Å²) in [5.41, 5.74) is -3.45. The highest BCUT2D eigenvalue weighted by Gasteiger charge is 2.49. The summed E-state index contributed by atoms with van der Waals surface area (Å²) in [5.74, 6) is -0.593. The van der Waals surface area contributed by atoms with Gasteiger partial charge in [-0.25, -0.2) is 0 Å². The van der Waals surface area contributed by atoms with E-state index in [1.165, 1.54) is 12.1 Å². The zero-order valence-electron chi connectivity index (χ0n) is 19.8. The Labute approximate surface area is 225 Å². The molecule has 0 aliphatic carbocycles. The molecule has 5 aromatic carbocycles. The maximum atomic E-state index is 13.2. The summed E-state index contributed by atoms with van der Waals surface area (Å²) >= 11 is 6.17. The molecule has 0 bridgehead atoms. The van der Waals surface area contributed by atoms with E-state index in [1.807, 2.05) is 77.7 Å². The van der Waals surface area contributed by atoms with Gasteiger partial charge in [-0.05, 0) is 47.9 Å². The molecule has 1 heterocycles. The number of furan rings is 1. The van der Waals surface area contributed by atoms with Crippen molar-refractivity contribution in [3.8, 4) is 5.75 Å². The van der Waals surface area contributed by atoms with E-state index in [-0.39, 0.29) is 11.2 Å². The quantitative estimate of drug-likeness (QED) is 0.154. The van der Waals surface area contributed by atoms with Crippen LogP contribution >= 0.6 is 11.6 Å². The Morgan fingerprint density at radius 2 is 1.49 bits per heavy atom. The zero-order valence-corrected chi connectivity index (χ0v) is 21.4. The smallest absolute Gasteiger partial charge is 0.452 e. The molecule has 0 aliphatic heterocycles. The molecule has 6 aromatic rings. The third-order valence-electron chi connectivity index (χ3n) is 6.27. The molecule has 5 nitrogen and oxygen atoms in total. The molecule has 10 heteroatoms. The van der Waals surface area contributed by atoms with Crippen molar-refractivity contribution in [2.45, 2.75) is 5.51 Å². The van der Waals surface area contributed by atoms with E-state index in [0.29, 0.717) is 21.5 Å². The first-order valence-electron chi connectivity index (χ1n) is 11.6. The Bertz CT molecular complexity index is 1970. The summed E-state index contributed by atoms with van der Waals surface area (Å²) in [6.07, 6.45) is 0. The van der Waals surface area contributed by atoms with Crippen molar-refractivity contribution in [1.29, 1.82) is 0 Å². The van der Waals surface area contributed by atoms with Crippen molar-refractivity contribution in [1.82, 2.24) is 0 Å². The second-order valence-electron chi connectivity index (χ2n) is 8.68. The van der Waals surface area contributed by atoms with Gasteiger partial charge < -0.3 is 13.5 Å². The Hall–Kier alpha value is -4.21. The molecule has 0 radical (unpaired) electrons. The van der Waals surface area contributed by atoms with E-state index in [2.05, 4.69) is 4.18 Å². The van der Waals surface area contributed by atoms with Gasteiger partial charge in [-0.15, -0.1) is 0 Å². The van der Waals surface area contributed by atoms with Crippen molar-refractivity contribution >= 4 is 71.5 Å². The van der Waals surface area contributed by atoms with Crippen LogP contribution in [0.25, 0.3) is 32.7 Å². The molecule has 196 valence electrons. The summed E-state index contributed by atoms with van der Waals surface area (Å²) in [4.78, 5) is 1.94. The van der Waals surface area contributed by atoms with Gasteiger partial charge in [-0.3, -0.25) is 0 Å². The fraction of sp³-hybridized carbons (Fsp3) is 0.0345. The van der Waals surface area contributed by atoms with Crippen LogP contribution in [-0.4, -0.2) is 13.9 Å². The van der Waals surface area contributed by atoms with Gasteiger partial charge in [0.15, 0.2) is 11.3 Å². The number of benzene rings is 5. The van der Waals surface area contributed by atoms with Crippen molar-refractivity contribution in [3.05, 3.63) is 108 Å². The highest BCUT2D eigenvalue weighted by atomic mass is 35.5. The predicted octanol–water partition coefficient (Wildman–Crippen LogP) is 9.09. The van der Waals surface area contributed by atoms with Crippen LogP contribution in [0.1, 0.15) is 0 Å². The molecule has 39 heavy (non-hydrogen) atoms. The van der Waals surface area contributed by atoms with E-state index in [4.69, 9.17) is 16.0 Å². The van der Waals surface area contributed by atoms with Crippen LogP contribution in [0.3, 0.4) is 0 Å². The van der Waals surface area contributed by atoms with Gasteiger partial charge in [0.05, 0.1) is 16.8 Å². The topological polar surface area (TPSA) is 59.8 Å². The fourth-order valence-corrected chi connectivity index (χ4v) is 5.24. The maximum Gasteiger partial charge on any atom is 0.534 e. The molecule has 1 aromatic heterocycles. The molecular weight excluding hydrogens is 551 g/mol. The van der Waals surface area contributed by atoms with E-state index >= 15 is 0 Å². The normalized spacial score (nSPS) is 12.3. The molecule has 0 unspecified atom stereocenters. The van der Waals surface area contributed by atoms with Crippen LogP contribution < -0.4 is 9.08 Å². The van der Waals surface area contributed by atoms with Crippen molar-refractivity contribution < 1.29 is 30.2 Å². The lowest BCUT2D eigenvalue weighted by Crippen LogP contribution is -2.28.